The van der Waals surface area contributed by atoms with Gasteiger partial charge in [-0.3, -0.25) is 0 Å². The Hall–Kier alpha value is -1.00. The predicted octanol–water partition coefficient (Wildman–Crippen LogP) is 2.89. The molecule has 1 unspecified atom stereocenters. The highest BCUT2D eigenvalue weighted by Crippen LogP contribution is 2.28. The van der Waals surface area contributed by atoms with Crippen LogP contribution in [0, 0.1) is 0 Å². The normalized spacial score (nSPS) is 18.8. The second-order valence-electron chi connectivity index (χ2n) is 5.42. The first-order chi connectivity index (χ1) is 8.41. The first-order valence-electron chi connectivity index (χ1n) is 6.08. The maximum absolute atomic E-state index is 12.1. The van der Waals surface area contributed by atoms with E-state index in [1.165, 1.54) is 5.56 Å². The standard InChI is InChI=1S/C14H19NO2S/c1-14(2,3)18(16)15-13-8-5-10-9-11(17-4)6-7-12(10)13/h6-7,9H,5,8H2,1-4H3. The van der Waals surface area contributed by atoms with Gasteiger partial charge in [-0.25, -0.2) is 0 Å². The van der Waals surface area contributed by atoms with Crippen LogP contribution in [0.4, 0.5) is 0 Å². The SMILES string of the molecule is COc1ccc2c(c1)CCC2=N[S+]([O-])C(C)(C)C. The second-order valence-corrected chi connectivity index (χ2v) is 7.33. The third-order valence-corrected chi connectivity index (χ3v) is 4.41. The highest BCUT2D eigenvalue weighted by Gasteiger charge is 2.29. The maximum atomic E-state index is 12.1. The Balaban J connectivity index is 2.29. The summed E-state index contributed by atoms with van der Waals surface area (Å²) in [5.74, 6) is 0.868. The van der Waals surface area contributed by atoms with Crippen LogP contribution in [0.5, 0.6) is 5.75 Å². The van der Waals surface area contributed by atoms with E-state index >= 15 is 0 Å². The zero-order chi connectivity index (χ0) is 13.3. The maximum Gasteiger partial charge on any atom is 0.144 e. The molecule has 0 aliphatic heterocycles. The van der Waals surface area contributed by atoms with Gasteiger partial charge in [-0.05, 0) is 57.4 Å². The van der Waals surface area contributed by atoms with Crippen LogP contribution in [-0.2, 0) is 17.8 Å². The summed E-state index contributed by atoms with van der Waals surface area (Å²) in [6, 6.07) is 5.98. The summed E-state index contributed by atoms with van der Waals surface area (Å²) in [6.07, 6.45) is 1.82. The van der Waals surface area contributed by atoms with E-state index in [1.807, 2.05) is 39.0 Å². The van der Waals surface area contributed by atoms with Crippen LogP contribution in [0.15, 0.2) is 22.6 Å². The summed E-state index contributed by atoms with van der Waals surface area (Å²) < 4.78 is 21.4. The molecule has 0 radical (unpaired) electrons. The van der Waals surface area contributed by atoms with Crippen LogP contribution >= 0.6 is 0 Å². The van der Waals surface area contributed by atoms with Crippen LogP contribution in [0.1, 0.15) is 38.3 Å². The third-order valence-electron chi connectivity index (χ3n) is 2.97. The van der Waals surface area contributed by atoms with E-state index in [9.17, 15) is 4.55 Å². The van der Waals surface area contributed by atoms with Crippen molar-refractivity contribution >= 4 is 17.1 Å². The molecule has 1 aliphatic rings. The predicted molar refractivity (Wildman–Crippen MR) is 75.7 cm³/mol. The number of methoxy groups -OCH3 is 1. The molecular formula is C14H19NO2S. The van der Waals surface area contributed by atoms with Crippen LogP contribution in [0.2, 0.25) is 0 Å². The van der Waals surface area contributed by atoms with Crippen molar-refractivity contribution in [2.45, 2.75) is 38.4 Å². The Labute approximate surface area is 112 Å². The Morgan fingerprint density at radius 1 is 1.28 bits per heavy atom. The molecule has 3 nitrogen and oxygen atoms in total. The zero-order valence-electron chi connectivity index (χ0n) is 11.3. The topological polar surface area (TPSA) is 44.6 Å². The average molecular weight is 265 g/mol. The summed E-state index contributed by atoms with van der Waals surface area (Å²) >= 11 is -1.18. The molecule has 1 aromatic rings. The van der Waals surface area contributed by atoms with Gasteiger partial charge in [0, 0.05) is 5.56 Å². The van der Waals surface area contributed by atoms with Gasteiger partial charge in [0.1, 0.15) is 21.9 Å². The van der Waals surface area contributed by atoms with Gasteiger partial charge in [0.05, 0.1) is 12.8 Å². The highest BCUT2D eigenvalue weighted by atomic mass is 32.2. The molecule has 0 spiro atoms. The molecule has 0 aromatic heterocycles. The van der Waals surface area contributed by atoms with Crippen LogP contribution in [-0.4, -0.2) is 22.1 Å². The molecular weight excluding hydrogens is 246 g/mol. The molecule has 0 N–H and O–H groups in total. The average Bonchev–Trinajstić information content (AvgIpc) is 2.70. The van der Waals surface area contributed by atoms with Gasteiger partial charge in [0.25, 0.3) is 0 Å². The lowest BCUT2D eigenvalue weighted by atomic mass is 10.1. The lowest BCUT2D eigenvalue weighted by Gasteiger charge is -2.18. The van der Waals surface area contributed by atoms with Crippen molar-refractivity contribution < 1.29 is 9.29 Å². The molecule has 0 saturated heterocycles. The molecule has 1 aliphatic carbocycles. The van der Waals surface area contributed by atoms with E-state index in [2.05, 4.69) is 4.40 Å². The van der Waals surface area contributed by atoms with Crippen molar-refractivity contribution in [1.82, 2.24) is 0 Å². The molecule has 0 bridgehead atoms. The van der Waals surface area contributed by atoms with Crippen molar-refractivity contribution in [3.05, 3.63) is 29.3 Å². The first-order valence-corrected chi connectivity index (χ1v) is 7.19. The number of rotatable bonds is 2. The van der Waals surface area contributed by atoms with E-state index in [0.29, 0.717) is 0 Å². The van der Waals surface area contributed by atoms with Gasteiger partial charge in [0.15, 0.2) is 0 Å². The lowest BCUT2D eigenvalue weighted by molar-refractivity contribution is 0.414. The highest BCUT2D eigenvalue weighted by molar-refractivity contribution is 7.91. The first kappa shape index (κ1) is 13.4. The zero-order valence-corrected chi connectivity index (χ0v) is 12.1. The van der Waals surface area contributed by atoms with Crippen molar-refractivity contribution in [2.75, 3.05) is 7.11 Å². The summed E-state index contributed by atoms with van der Waals surface area (Å²) in [6.45, 7) is 5.82. The molecule has 18 heavy (non-hydrogen) atoms. The minimum atomic E-state index is -1.18. The van der Waals surface area contributed by atoms with Crippen LogP contribution in [0.3, 0.4) is 0 Å². The molecule has 1 aromatic carbocycles. The van der Waals surface area contributed by atoms with Gasteiger partial charge in [-0.2, -0.15) is 0 Å². The number of hydrogen-bond acceptors (Lipinski definition) is 3. The summed E-state index contributed by atoms with van der Waals surface area (Å²) in [7, 11) is 1.67. The van der Waals surface area contributed by atoms with Crippen molar-refractivity contribution in [2.24, 2.45) is 4.40 Å². The fourth-order valence-electron chi connectivity index (χ4n) is 1.90. The molecule has 4 heteroatoms. The third kappa shape index (κ3) is 2.70. The Morgan fingerprint density at radius 3 is 2.61 bits per heavy atom. The fraction of sp³-hybridized carbons (Fsp3) is 0.500. The van der Waals surface area contributed by atoms with E-state index in [1.54, 1.807) is 7.11 Å². The summed E-state index contributed by atoms with van der Waals surface area (Å²) in [5, 5.41) is 0. The van der Waals surface area contributed by atoms with Crippen molar-refractivity contribution in [3.8, 4) is 5.75 Å². The monoisotopic (exact) mass is 265 g/mol. The molecule has 98 valence electrons. The number of benzene rings is 1. The Morgan fingerprint density at radius 2 is 2.00 bits per heavy atom. The summed E-state index contributed by atoms with van der Waals surface area (Å²) in [4.78, 5) is 0. The number of aryl methyl sites for hydroxylation is 1. The van der Waals surface area contributed by atoms with E-state index in [-0.39, 0.29) is 4.75 Å². The van der Waals surface area contributed by atoms with Gasteiger partial charge in [-0.15, -0.1) is 0 Å². The molecule has 0 saturated carbocycles. The minimum Gasteiger partial charge on any atom is -0.591 e. The number of hydrogen-bond donors (Lipinski definition) is 0. The van der Waals surface area contributed by atoms with Gasteiger partial charge >= 0.3 is 0 Å². The minimum absolute atomic E-state index is 0.303. The smallest absolute Gasteiger partial charge is 0.144 e. The molecule has 0 amide bonds. The second kappa shape index (κ2) is 4.94. The number of ether oxygens (including phenoxy) is 1. The van der Waals surface area contributed by atoms with E-state index in [4.69, 9.17) is 4.74 Å². The van der Waals surface area contributed by atoms with Crippen molar-refractivity contribution in [1.29, 1.82) is 0 Å². The van der Waals surface area contributed by atoms with Gasteiger partial charge in [-0.1, -0.05) is 4.40 Å². The van der Waals surface area contributed by atoms with E-state index in [0.717, 1.165) is 29.9 Å². The summed E-state index contributed by atoms with van der Waals surface area (Å²) in [5.41, 5.74) is 3.31. The molecule has 2 rings (SSSR count). The molecule has 1 atom stereocenters. The number of nitrogens with zero attached hydrogens (tertiary/aromatic N) is 1. The van der Waals surface area contributed by atoms with Gasteiger partial charge < -0.3 is 9.29 Å². The molecule has 0 heterocycles. The van der Waals surface area contributed by atoms with Crippen molar-refractivity contribution in [3.63, 3.8) is 0 Å². The van der Waals surface area contributed by atoms with E-state index < -0.39 is 11.4 Å². The lowest BCUT2D eigenvalue weighted by Crippen LogP contribution is -2.26. The van der Waals surface area contributed by atoms with Crippen LogP contribution in [0.25, 0.3) is 0 Å². The van der Waals surface area contributed by atoms with Gasteiger partial charge in [0.2, 0.25) is 0 Å². The molecule has 0 fully saturated rings. The fourth-order valence-corrected chi connectivity index (χ4v) is 2.57. The Kier molecular flexibility index (Phi) is 3.69. The largest absolute Gasteiger partial charge is 0.591 e. The quantitative estimate of drug-likeness (QED) is 0.772. The number of fused-ring (bicyclic) bond motifs is 1. The Bertz CT molecular complexity index is 477. The van der Waals surface area contributed by atoms with Crippen LogP contribution < -0.4 is 4.74 Å².